The zero-order valence-electron chi connectivity index (χ0n) is 16.1. The number of nitrogens with one attached hydrogen (secondary N) is 1. The summed E-state index contributed by atoms with van der Waals surface area (Å²) in [4.78, 5) is 11.2. The van der Waals surface area contributed by atoms with Crippen LogP contribution in [0.25, 0.3) is 5.65 Å². The fraction of sp³-hybridized carbons (Fsp3) is 0.556. The van der Waals surface area contributed by atoms with Gasteiger partial charge in [-0.1, -0.05) is 0 Å². The number of aryl methyl sites for hydroxylation is 1. The molecule has 8 nitrogen and oxygen atoms in total. The molecule has 1 aliphatic heterocycles. The maximum Gasteiger partial charge on any atom is 0.422 e. The van der Waals surface area contributed by atoms with E-state index in [1.807, 2.05) is 6.92 Å². The molecular formula is C18H20F3N7OS. The summed E-state index contributed by atoms with van der Waals surface area (Å²) in [5, 5.41) is 8.78. The number of anilines is 2. The minimum Gasteiger partial charge on any atom is -0.480 e. The standard InChI is InChI=1S/C18H20F3N7OS/c1-10-22-17(30-26-10)27-7-11-4-5-12(8-27)14(11)23-16-24-15-13(29-9-18(19,20)21)3-2-6-28(15)25-16/h2-3,6,11-12,14H,4-5,7-9H2,1H3,(H,23,25). The molecule has 2 bridgehead atoms. The van der Waals surface area contributed by atoms with E-state index in [1.54, 1.807) is 12.3 Å². The van der Waals surface area contributed by atoms with Crippen LogP contribution in [0.1, 0.15) is 18.7 Å². The molecule has 1 saturated heterocycles. The molecule has 2 fully saturated rings. The van der Waals surface area contributed by atoms with Crippen LogP contribution in [-0.4, -0.2) is 55.9 Å². The minimum absolute atomic E-state index is 0.0554. The van der Waals surface area contributed by atoms with E-state index in [2.05, 4.69) is 29.7 Å². The van der Waals surface area contributed by atoms with Gasteiger partial charge >= 0.3 is 6.18 Å². The number of rotatable bonds is 5. The van der Waals surface area contributed by atoms with Gasteiger partial charge in [0.15, 0.2) is 18.0 Å². The van der Waals surface area contributed by atoms with E-state index in [9.17, 15) is 13.2 Å². The lowest BCUT2D eigenvalue weighted by Crippen LogP contribution is -2.48. The van der Waals surface area contributed by atoms with Crippen LogP contribution >= 0.6 is 11.5 Å². The molecule has 0 radical (unpaired) electrons. The van der Waals surface area contributed by atoms with E-state index >= 15 is 0 Å². The molecule has 1 aliphatic carbocycles. The molecule has 2 atom stereocenters. The molecular weight excluding hydrogens is 419 g/mol. The predicted octanol–water partition coefficient (Wildman–Crippen LogP) is 3.16. The zero-order valence-corrected chi connectivity index (χ0v) is 16.9. The van der Waals surface area contributed by atoms with Crippen LogP contribution in [0, 0.1) is 18.8 Å². The van der Waals surface area contributed by atoms with Crippen molar-refractivity contribution in [3.8, 4) is 5.75 Å². The fourth-order valence-electron chi connectivity index (χ4n) is 4.39. The summed E-state index contributed by atoms with van der Waals surface area (Å²) in [6.07, 6.45) is -0.566. The summed E-state index contributed by atoms with van der Waals surface area (Å²) in [6.45, 7) is 2.30. The number of hydrogen-bond acceptors (Lipinski definition) is 8. The Kier molecular flexibility index (Phi) is 4.68. The van der Waals surface area contributed by atoms with Gasteiger partial charge in [0, 0.05) is 36.9 Å². The van der Waals surface area contributed by atoms with Crippen molar-refractivity contribution >= 4 is 28.3 Å². The zero-order chi connectivity index (χ0) is 20.9. The topological polar surface area (TPSA) is 80.5 Å². The summed E-state index contributed by atoms with van der Waals surface area (Å²) in [5.74, 6) is 2.08. The van der Waals surface area contributed by atoms with Gasteiger partial charge in [0.1, 0.15) is 5.82 Å². The van der Waals surface area contributed by atoms with Gasteiger partial charge in [-0.25, -0.2) is 9.50 Å². The van der Waals surface area contributed by atoms with Crippen LogP contribution in [0.15, 0.2) is 18.3 Å². The second kappa shape index (κ2) is 7.25. The van der Waals surface area contributed by atoms with Gasteiger partial charge in [0.25, 0.3) is 0 Å². The summed E-state index contributed by atoms with van der Waals surface area (Å²) < 4.78 is 48.2. The molecule has 12 heteroatoms. The molecule has 30 heavy (non-hydrogen) atoms. The Morgan fingerprint density at radius 2 is 2.00 bits per heavy atom. The van der Waals surface area contributed by atoms with Crippen molar-refractivity contribution in [2.45, 2.75) is 32.0 Å². The lowest BCUT2D eigenvalue weighted by Gasteiger charge is -2.37. The average Bonchev–Trinajstić information content (AvgIpc) is 3.36. The molecule has 1 saturated carbocycles. The van der Waals surface area contributed by atoms with Crippen LogP contribution in [-0.2, 0) is 0 Å². The third-order valence-electron chi connectivity index (χ3n) is 5.63. The maximum atomic E-state index is 12.5. The van der Waals surface area contributed by atoms with Gasteiger partial charge in [-0.3, -0.25) is 0 Å². The second-order valence-corrected chi connectivity index (χ2v) is 8.51. The molecule has 1 N–H and O–H groups in total. The number of piperidine rings is 1. The van der Waals surface area contributed by atoms with Crippen LogP contribution in [0.2, 0.25) is 0 Å². The van der Waals surface area contributed by atoms with E-state index < -0.39 is 12.8 Å². The van der Waals surface area contributed by atoms with Crippen LogP contribution in [0.5, 0.6) is 5.75 Å². The Morgan fingerprint density at radius 1 is 1.23 bits per heavy atom. The fourth-order valence-corrected chi connectivity index (χ4v) is 5.09. The van der Waals surface area contributed by atoms with E-state index in [-0.39, 0.29) is 17.4 Å². The highest BCUT2D eigenvalue weighted by Crippen LogP contribution is 2.40. The van der Waals surface area contributed by atoms with Crippen molar-refractivity contribution in [2.75, 3.05) is 29.9 Å². The third-order valence-corrected chi connectivity index (χ3v) is 6.50. The Bertz CT molecular complexity index is 1040. The number of fused-ring (bicyclic) bond motifs is 3. The Labute approximate surface area is 174 Å². The molecule has 3 aromatic heterocycles. The van der Waals surface area contributed by atoms with E-state index in [4.69, 9.17) is 4.74 Å². The van der Waals surface area contributed by atoms with Crippen molar-refractivity contribution in [1.29, 1.82) is 0 Å². The number of alkyl halides is 3. The highest BCUT2D eigenvalue weighted by atomic mass is 32.1. The highest BCUT2D eigenvalue weighted by molar-refractivity contribution is 7.09. The SMILES string of the molecule is Cc1nsc(N2CC3CCC(C2)C3Nc2nc3c(OCC(F)(F)F)cccn3n2)n1. The van der Waals surface area contributed by atoms with Crippen molar-refractivity contribution in [1.82, 2.24) is 24.0 Å². The number of halogens is 3. The Morgan fingerprint density at radius 3 is 2.67 bits per heavy atom. The molecule has 160 valence electrons. The Hall–Kier alpha value is -2.63. The number of nitrogens with zero attached hydrogens (tertiary/aromatic N) is 6. The monoisotopic (exact) mass is 439 g/mol. The number of ether oxygens (including phenoxy) is 1. The van der Waals surface area contributed by atoms with E-state index in [0.29, 0.717) is 17.8 Å². The summed E-state index contributed by atoms with van der Waals surface area (Å²) in [7, 11) is 0. The molecule has 3 aromatic rings. The predicted molar refractivity (Wildman–Crippen MR) is 105 cm³/mol. The van der Waals surface area contributed by atoms with Crippen molar-refractivity contribution < 1.29 is 17.9 Å². The minimum atomic E-state index is -4.41. The van der Waals surface area contributed by atoms with Gasteiger partial charge in [-0.15, -0.1) is 5.10 Å². The van der Waals surface area contributed by atoms with Gasteiger partial charge in [-0.2, -0.15) is 22.5 Å². The first kappa shape index (κ1) is 19.3. The number of aromatic nitrogens is 5. The molecule has 0 spiro atoms. The normalized spacial score (nSPS) is 23.9. The van der Waals surface area contributed by atoms with Crippen LogP contribution < -0.4 is 15.0 Å². The number of pyridine rings is 1. The summed E-state index contributed by atoms with van der Waals surface area (Å²) >= 11 is 1.43. The highest BCUT2D eigenvalue weighted by Gasteiger charge is 2.43. The smallest absolute Gasteiger partial charge is 0.422 e. The van der Waals surface area contributed by atoms with Crippen LogP contribution in [0.4, 0.5) is 24.3 Å². The Balaban J connectivity index is 1.31. The van der Waals surface area contributed by atoms with Crippen molar-refractivity contribution in [3.63, 3.8) is 0 Å². The van der Waals surface area contributed by atoms with Crippen molar-refractivity contribution in [3.05, 3.63) is 24.2 Å². The summed E-state index contributed by atoms with van der Waals surface area (Å²) in [5.41, 5.74) is 0.262. The molecule has 5 rings (SSSR count). The van der Waals surface area contributed by atoms with Gasteiger partial charge in [-0.05, 0) is 43.7 Å². The first-order valence-corrected chi connectivity index (χ1v) is 10.5. The lowest BCUT2D eigenvalue weighted by molar-refractivity contribution is -0.153. The number of hydrogen-bond donors (Lipinski definition) is 1. The van der Waals surface area contributed by atoms with Crippen molar-refractivity contribution in [2.24, 2.45) is 11.8 Å². The second-order valence-electron chi connectivity index (χ2n) is 7.78. The molecule has 0 aromatic carbocycles. The summed E-state index contributed by atoms with van der Waals surface area (Å²) in [6, 6.07) is 3.27. The van der Waals surface area contributed by atoms with Gasteiger partial charge in [0.2, 0.25) is 11.1 Å². The molecule has 2 aliphatic rings. The first-order valence-electron chi connectivity index (χ1n) is 9.72. The van der Waals surface area contributed by atoms with Crippen LogP contribution in [0.3, 0.4) is 0 Å². The molecule has 2 unspecified atom stereocenters. The average molecular weight is 439 g/mol. The van der Waals surface area contributed by atoms with E-state index in [1.165, 1.54) is 22.1 Å². The first-order chi connectivity index (χ1) is 14.4. The molecule has 4 heterocycles. The quantitative estimate of drug-likeness (QED) is 0.654. The third kappa shape index (κ3) is 3.75. The largest absolute Gasteiger partial charge is 0.480 e. The maximum absolute atomic E-state index is 12.5. The van der Waals surface area contributed by atoms with E-state index in [0.717, 1.165) is 36.9 Å². The lowest BCUT2D eigenvalue weighted by atomic mass is 9.92. The van der Waals surface area contributed by atoms with Gasteiger partial charge in [0.05, 0.1) is 0 Å². The molecule has 0 amide bonds. The van der Waals surface area contributed by atoms with Gasteiger partial charge < -0.3 is 15.0 Å².